The van der Waals surface area contributed by atoms with Crippen LogP contribution >= 0.6 is 0 Å². The van der Waals surface area contributed by atoms with Crippen molar-refractivity contribution >= 4 is 11.4 Å². The molecule has 0 radical (unpaired) electrons. The van der Waals surface area contributed by atoms with Crippen molar-refractivity contribution in [2.45, 2.75) is 13.0 Å². The predicted octanol–water partition coefficient (Wildman–Crippen LogP) is 4.60. The van der Waals surface area contributed by atoms with E-state index in [1.54, 1.807) is 40.6 Å². The molecule has 3 aromatic rings. The average molecular weight is 511 g/mol. The van der Waals surface area contributed by atoms with Crippen LogP contribution in [-0.2, 0) is 13.0 Å². The van der Waals surface area contributed by atoms with Crippen molar-refractivity contribution in [2.75, 3.05) is 55.1 Å². The molecule has 0 bridgehead atoms. The van der Waals surface area contributed by atoms with E-state index in [4.69, 9.17) is 18.9 Å². The van der Waals surface area contributed by atoms with Gasteiger partial charge in [-0.25, -0.2) is 0 Å². The van der Waals surface area contributed by atoms with Crippen LogP contribution in [0.4, 0.5) is 11.4 Å². The van der Waals surface area contributed by atoms with Gasteiger partial charge in [0, 0.05) is 43.8 Å². The van der Waals surface area contributed by atoms with Gasteiger partial charge in [-0.05, 0) is 29.3 Å². The van der Waals surface area contributed by atoms with Crippen molar-refractivity contribution in [3.05, 3.63) is 81.9 Å². The van der Waals surface area contributed by atoms with Crippen molar-refractivity contribution in [3.8, 4) is 23.0 Å². The Balaban J connectivity index is 1.77. The topological polar surface area (TPSA) is 92.1 Å². The maximum atomic E-state index is 11.1. The highest BCUT2D eigenvalue weighted by Gasteiger charge is 2.26. The Hall–Kier alpha value is -3.82. The zero-order valence-corrected chi connectivity index (χ0v) is 22.2. The number of hydrogen-bond acceptors (Lipinski definition) is 7. The number of likely N-dealkylation sites (N-methyl/N-ethyl adjacent to an activating group) is 1. The van der Waals surface area contributed by atoms with Crippen molar-refractivity contribution < 1.29 is 23.9 Å². The number of nitro groups is 1. The molecule has 198 valence electrons. The van der Waals surface area contributed by atoms with E-state index in [2.05, 4.69) is 24.5 Å². The molecular formula is C28H36N3O6+. The normalized spacial score (nSPS) is 12.5. The maximum absolute atomic E-state index is 11.1. The molecule has 37 heavy (non-hydrogen) atoms. The van der Waals surface area contributed by atoms with Crippen LogP contribution < -0.4 is 28.7 Å². The third-order valence-corrected chi connectivity index (χ3v) is 6.57. The largest absolute Gasteiger partial charge is 0.493 e. The van der Waals surface area contributed by atoms with Crippen LogP contribution in [0.2, 0.25) is 0 Å². The fourth-order valence-corrected chi connectivity index (χ4v) is 4.28. The average Bonchev–Trinajstić information content (AvgIpc) is 2.93. The number of quaternary nitrogens is 1. The smallest absolute Gasteiger partial charge is 0.269 e. The van der Waals surface area contributed by atoms with E-state index in [1.165, 1.54) is 6.07 Å². The van der Waals surface area contributed by atoms with Crippen LogP contribution in [0.3, 0.4) is 0 Å². The van der Waals surface area contributed by atoms with Gasteiger partial charge < -0.3 is 24.3 Å². The minimum atomic E-state index is -0.372. The summed E-state index contributed by atoms with van der Waals surface area (Å²) >= 11 is 0. The standard InChI is InChI=1S/C28H36N3O6/c1-31(24-10-12-26(35-3)28(19-24)37-5,15-13-21-9-11-25(34-2)27(18-21)36-4)16-14-29-20-22-7-6-8-23(17-22)30(32)33/h6-12,17-19,29H,13-16,20H2,1-5H3/q+1. The molecule has 0 saturated heterocycles. The first-order chi connectivity index (χ1) is 17.8. The Labute approximate surface area is 218 Å². The quantitative estimate of drug-likeness (QED) is 0.147. The molecule has 0 heterocycles. The van der Waals surface area contributed by atoms with Gasteiger partial charge in [0.15, 0.2) is 23.0 Å². The summed E-state index contributed by atoms with van der Waals surface area (Å²) in [5.41, 5.74) is 3.21. The van der Waals surface area contributed by atoms with Gasteiger partial charge in [-0.2, -0.15) is 0 Å². The monoisotopic (exact) mass is 510 g/mol. The Bertz CT molecular complexity index is 1200. The van der Waals surface area contributed by atoms with Crippen LogP contribution in [0.25, 0.3) is 0 Å². The van der Waals surface area contributed by atoms with Gasteiger partial charge >= 0.3 is 0 Å². The van der Waals surface area contributed by atoms with E-state index in [9.17, 15) is 10.1 Å². The third kappa shape index (κ3) is 7.12. The molecule has 0 fully saturated rings. The molecule has 9 nitrogen and oxygen atoms in total. The molecule has 0 spiro atoms. The summed E-state index contributed by atoms with van der Waals surface area (Å²) in [5, 5.41) is 14.5. The number of nitro benzene ring substituents is 1. The molecule has 1 atom stereocenters. The Morgan fingerprint density at radius 2 is 1.43 bits per heavy atom. The van der Waals surface area contributed by atoms with Gasteiger partial charge in [-0.15, -0.1) is 0 Å². The second-order valence-electron chi connectivity index (χ2n) is 8.93. The molecule has 3 rings (SSSR count). The van der Waals surface area contributed by atoms with E-state index in [0.29, 0.717) is 40.6 Å². The number of nitrogens with one attached hydrogen (secondary N) is 1. The highest BCUT2D eigenvalue weighted by Crippen LogP contribution is 2.34. The summed E-state index contributed by atoms with van der Waals surface area (Å²) in [6.45, 7) is 2.86. The van der Waals surface area contributed by atoms with Crippen LogP contribution in [0.1, 0.15) is 11.1 Å². The fourth-order valence-electron chi connectivity index (χ4n) is 4.28. The van der Waals surface area contributed by atoms with Crippen LogP contribution in [0.5, 0.6) is 23.0 Å². The maximum Gasteiger partial charge on any atom is 0.269 e. The molecule has 3 aromatic carbocycles. The highest BCUT2D eigenvalue weighted by molar-refractivity contribution is 5.54. The highest BCUT2D eigenvalue weighted by atomic mass is 16.6. The number of methoxy groups -OCH3 is 4. The second-order valence-corrected chi connectivity index (χ2v) is 8.93. The van der Waals surface area contributed by atoms with E-state index in [-0.39, 0.29) is 10.6 Å². The lowest BCUT2D eigenvalue weighted by Crippen LogP contribution is -2.50. The Kier molecular flexibility index (Phi) is 9.71. The molecule has 0 aliphatic rings. The van der Waals surface area contributed by atoms with Gasteiger partial charge in [0.05, 0.1) is 53.5 Å². The number of nitrogens with zero attached hydrogens (tertiary/aromatic N) is 2. The summed E-state index contributed by atoms with van der Waals surface area (Å²) < 4.78 is 22.5. The van der Waals surface area contributed by atoms with Crippen LogP contribution in [0, 0.1) is 10.1 Å². The van der Waals surface area contributed by atoms with Crippen molar-refractivity contribution in [2.24, 2.45) is 0 Å². The zero-order valence-electron chi connectivity index (χ0n) is 22.2. The number of hydrogen-bond donors (Lipinski definition) is 1. The van der Waals surface area contributed by atoms with Gasteiger partial charge in [0.25, 0.3) is 5.69 Å². The van der Waals surface area contributed by atoms with Gasteiger partial charge in [-0.3, -0.25) is 14.6 Å². The number of benzene rings is 3. The van der Waals surface area contributed by atoms with Crippen molar-refractivity contribution in [1.29, 1.82) is 0 Å². The molecule has 0 aliphatic carbocycles. The van der Waals surface area contributed by atoms with E-state index < -0.39 is 0 Å². The zero-order chi connectivity index (χ0) is 26.8. The summed E-state index contributed by atoms with van der Waals surface area (Å²) in [4.78, 5) is 10.7. The lowest BCUT2D eigenvalue weighted by atomic mass is 10.1. The number of non-ortho nitro benzene ring substituents is 1. The van der Waals surface area contributed by atoms with Gasteiger partial charge in [0.1, 0.15) is 5.69 Å². The van der Waals surface area contributed by atoms with Gasteiger partial charge in [0.2, 0.25) is 0 Å². The number of ether oxygens (including phenoxy) is 4. The summed E-state index contributed by atoms with van der Waals surface area (Å²) in [6, 6.07) is 18.7. The van der Waals surface area contributed by atoms with Crippen molar-refractivity contribution in [3.63, 3.8) is 0 Å². The van der Waals surface area contributed by atoms with Crippen LogP contribution in [-0.4, -0.2) is 60.0 Å². The molecule has 0 amide bonds. The summed E-state index contributed by atoms with van der Waals surface area (Å²) in [5.74, 6) is 2.77. The third-order valence-electron chi connectivity index (χ3n) is 6.57. The minimum absolute atomic E-state index is 0.0974. The minimum Gasteiger partial charge on any atom is -0.493 e. The molecular weight excluding hydrogens is 474 g/mol. The SMILES string of the molecule is COc1ccc(CC[N+](C)(CCNCc2cccc([N+](=O)[O-])c2)c2ccc(OC)c(OC)c2)cc1OC. The molecule has 9 heteroatoms. The summed E-state index contributed by atoms with van der Waals surface area (Å²) in [6.07, 6.45) is 0.816. The molecule has 0 aliphatic heterocycles. The fraction of sp³-hybridized carbons (Fsp3) is 0.357. The second kappa shape index (κ2) is 12.9. The Morgan fingerprint density at radius 3 is 2.08 bits per heavy atom. The first-order valence-corrected chi connectivity index (χ1v) is 12.1. The Morgan fingerprint density at radius 1 is 0.784 bits per heavy atom. The van der Waals surface area contributed by atoms with Crippen LogP contribution in [0.15, 0.2) is 60.7 Å². The molecule has 0 saturated carbocycles. The van der Waals surface area contributed by atoms with Gasteiger partial charge in [-0.1, -0.05) is 18.2 Å². The lowest BCUT2D eigenvalue weighted by molar-refractivity contribution is -0.384. The number of rotatable bonds is 14. The molecule has 1 unspecified atom stereocenters. The van der Waals surface area contributed by atoms with E-state index in [1.807, 2.05) is 30.3 Å². The lowest BCUT2D eigenvalue weighted by Gasteiger charge is -2.35. The molecule has 1 N–H and O–H groups in total. The first kappa shape index (κ1) is 27.8. The van der Waals surface area contributed by atoms with E-state index in [0.717, 1.165) is 36.3 Å². The predicted molar refractivity (Wildman–Crippen MR) is 145 cm³/mol. The summed E-state index contributed by atoms with van der Waals surface area (Å²) in [7, 11) is 8.72. The van der Waals surface area contributed by atoms with E-state index >= 15 is 0 Å². The van der Waals surface area contributed by atoms with Crippen molar-refractivity contribution in [1.82, 2.24) is 9.80 Å². The molecule has 0 aromatic heterocycles. The first-order valence-electron chi connectivity index (χ1n) is 12.1.